The van der Waals surface area contributed by atoms with Crippen LogP contribution in [0, 0.1) is 5.41 Å². The molecule has 3 aromatic rings. The molecule has 32 heavy (non-hydrogen) atoms. The third kappa shape index (κ3) is 4.18. The number of nitrogens with zero attached hydrogens (tertiary/aromatic N) is 1. The Kier molecular flexibility index (Phi) is 5.65. The second-order valence-corrected chi connectivity index (χ2v) is 8.99. The van der Waals surface area contributed by atoms with E-state index in [0.717, 1.165) is 53.2 Å². The summed E-state index contributed by atoms with van der Waals surface area (Å²) in [7, 11) is 0. The summed E-state index contributed by atoms with van der Waals surface area (Å²) in [5, 5.41) is 0. The van der Waals surface area contributed by atoms with Crippen molar-refractivity contribution in [1.82, 2.24) is 4.57 Å². The SMILES string of the molecule is CCOC(=O)Cc1c(-c2ccc(C(F)(F)F)cc2)c(-c2ccccc2)c2n1CC(C)(C)C2. The lowest BCUT2D eigenvalue weighted by atomic mass is 9.86. The summed E-state index contributed by atoms with van der Waals surface area (Å²) in [5.41, 5.74) is 4.66. The Morgan fingerprint density at radius 2 is 1.62 bits per heavy atom. The van der Waals surface area contributed by atoms with Crippen molar-refractivity contribution in [1.29, 1.82) is 0 Å². The van der Waals surface area contributed by atoms with E-state index in [9.17, 15) is 18.0 Å². The van der Waals surface area contributed by atoms with Gasteiger partial charge in [0.05, 0.1) is 18.6 Å². The molecule has 6 heteroatoms. The number of hydrogen-bond acceptors (Lipinski definition) is 2. The molecule has 0 atom stereocenters. The normalized spacial score (nSPS) is 14.9. The number of alkyl halides is 3. The van der Waals surface area contributed by atoms with Crippen molar-refractivity contribution in [3.63, 3.8) is 0 Å². The topological polar surface area (TPSA) is 31.2 Å². The number of carbonyl (C=O) groups excluding carboxylic acids is 1. The molecule has 168 valence electrons. The zero-order valence-electron chi connectivity index (χ0n) is 18.4. The third-order valence-electron chi connectivity index (χ3n) is 5.89. The van der Waals surface area contributed by atoms with E-state index in [4.69, 9.17) is 4.74 Å². The van der Waals surface area contributed by atoms with Crippen LogP contribution in [-0.2, 0) is 35.1 Å². The molecule has 0 aliphatic carbocycles. The van der Waals surface area contributed by atoms with Gasteiger partial charge in [0, 0.05) is 29.1 Å². The standard InChI is InChI=1S/C26H26F3NO2/c1-4-32-22(31)14-20-23(18-10-12-19(13-11-18)26(27,28)29)24(17-8-6-5-7-9-17)21-15-25(2,3)16-30(20)21/h5-13H,4,14-16H2,1-3H3. The monoisotopic (exact) mass is 441 g/mol. The number of aromatic nitrogens is 1. The summed E-state index contributed by atoms with van der Waals surface area (Å²) in [6.07, 6.45) is -3.52. The highest BCUT2D eigenvalue weighted by atomic mass is 19.4. The molecule has 4 rings (SSSR count). The van der Waals surface area contributed by atoms with Gasteiger partial charge >= 0.3 is 12.1 Å². The van der Waals surface area contributed by atoms with Crippen molar-refractivity contribution in [2.45, 2.75) is 46.3 Å². The Morgan fingerprint density at radius 1 is 1.00 bits per heavy atom. The minimum Gasteiger partial charge on any atom is -0.466 e. The predicted octanol–water partition coefficient (Wildman–Crippen LogP) is 6.53. The van der Waals surface area contributed by atoms with Crippen LogP contribution in [0.1, 0.15) is 37.7 Å². The number of ether oxygens (including phenoxy) is 1. The van der Waals surface area contributed by atoms with Gasteiger partial charge in [0.1, 0.15) is 0 Å². The molecule has 0 saturated carbocycles. The molecule has 2 heterocycles. The Balaban J connectivity index is 1.95. The molecule has 1 aromatic heterocycles. The lowest BCUT2D eigenvalue weighted by Crippen LogP contribution is -2.16. The third-order valence-corrected chi connectivity index (χ3v) is 5.89. The van der Waals surface area contributed by atoms with Crippen LogP contribution in [0.3, 0.4) is 0 Å². The van der Waals surface area contributed by atoms with Crippen LogP contribution in [0.25, 0.3) is 22.3 Å². The summed E-state index contributed by atoms with van der Waals surface area (Å²) in [6.45, 7) is 7.13. The maximum absolute atomic E-state index is 13.2. The van der Waals surface area contributed by atoms with E-state index in [-0.39, 0.29) is 24.4 Å². The Morgan fingerprint density at radius 3 is 2.22 bits per heavy atom. The molecule has 2 aromatic carbocycles. The van der Waals surface area contributed by atoms with Crippen molar-refractivity contribution >= 4 is 5.97 Å². The van der Waals surface area contributed by atoms with Gasteiger partial charge in [0.15, 0.2) is 0 Å². The minimum atomic E-state index is -4.40. The summed E-state index contributed by atoms with van der Waals surface area (Å²) >= 11 is 0. The molecule has 0 spiro atoms. The highest BCUT2D eigenvalue weighted by Crippen LogP contribution is 2.47. The number of halogens is 3. The Labute approximate surface area is 185 Å². The number of benzene rings is 2. The first-order valence-electron chi connectivity index (χ1n) is 10.7. The first-order valence-corrected chi connectivity index (χ1v) is 10.7. The lowest BCUT2D eigenvalue weighted by molar-refractivity contribution is -0.142. The van der Waals surface area contributed by atoms with Crippen LogP contribution < -0.4 is 0 Å². The second kappa shape index (κ2) is 8.15. The van der Waals surface area contributed by atoms with Crippen LogP contribution >= 0.6 is 0 Å². The fourth-order valence-electron chi connectivity index (χ4n) is 4.62. The molecule has 0 fully saturated rings. The highest BCUT2D eigenvalue weighted by molar-refractivity contribution is 5.90. The molecule has 3 nitrogen and oxygen atoms in total. The molecule has 0 radical (unpaired) electrons. The van der Waals surface area contributed by atoms with Gasteiger partial charge in [0.25, 0.3) is 0 Å². The van der Waals surface area contributed by atoms with E-state index in [1.165, 1.54) is 12.1 Å². The largest absolute Gasteiger partial charge is 0.466 e. The smallest absolute Gasteiger partial charge is 0.416 e. The Bertz CT molecular complexity index is 1130. The van der Waals surface area contributed by atoms with Crippen LogP contribution in [-0.4, -0.2) is 17.1 Å². The van der Waals surface area contributed by atoms with Gasteiger partial charge in [-0.2, -0.15) is 13.2 Å². The first kappa shape index (κ1) is 22.2. The van der Waals surface area contributed by atoms with E-state index < -0.39 is 11.7 Å². The molecule has 0 saturated heterocycles. The van der Waals surface area contributed by atoms with Crippen molar-refractivity contribution < 1.29 is 22.7 Å². The summed E-state index contributed by atoms with van der Waals surface area (Å²) in [6, 6.07) is 15.0. The first-order chi connectivity index (χ1) is 15.1. The van der Waals surface area contributed by atoms with Crippen LogP contribution in [0.2, 0.25) is 0 Å². The van der Waals surface area contributed by atoms with Gasteiger partial charge < -0.3 is 9.30 Å². The van der Waals surface area contributed by atoms with Crippen molar-refractivity contribution in [3.8, 4) is 22.3 Å². The summed E-state index contributed by atoms with van der Waals surface area (Å²) < 4.78 is 46.9. The van der Waals surface area contributed by atoms with Crippen molar-refractivity contribution in [2.24, 2.45) is 5.41 Å². The zero-order chi connectivity index (χ0) is 23.1. The van der Waals surface area contributed by atoms with Crippen molar-refractivity contribution in [3.05, 3.63) is 71.5 Å². The number of carbonyl (C=O) groups is 1. The van der Waals surface area contributed by atoms with Gasteiger partial charge in [-0.3, -0.25) is 4.79 Å². The van der Waals surface area contributed by atoms with Crippen LogP contribution in [0.4, 0.5) is 13.2 Å². The quantitative estimate of drug-likeness (QED) is 0.422. The van der Waals surface area contributed by atoms with Gasteiger partial charge in [-0.15, -0.1) is 0 Å². The van der Waals surface area contributed by atoms with Crippen LogP contribution in [0.5, 0.6) is 0 Å². The minimum absolute atomic E-state index is 0.0148. The average Bonchev–Trinajstić information content (AvgIpc) is 3.19. The number of rotatable bonds is 5. The Hall–Kier alpha value is -3.02. The number of hydrogen-bond donors (Lipinski definition) is 0. The van der Waals surface area contributed by atoms with E-state index >= 15 is 0 Å². The molecule has 0 unspecified atom stereocenters. The van der Waals surface area contributed by atoms with Gasteiger partial charge in [-0.05, 0) is 42.0 Å². The predicted molar refractivity (Wildman–Crippen MR) is 118 cm³/mol. The van der Waals surface area contributed by atoms with E-state index in [1.54, 1.807) is 6.92 Å². The molecule has 1 aliphatic rings. The molecule has 0 bridgehead atoms. The van der Waals surface area contributed by atoms with Crippen molar-refractivity contribution in [2.75, 3.05) is 6.61 Å². The number of fused-ring (bicyclic) bond motifs is 1. The van der Waals surface area contributed by atoms with Gasteiger partial charge in [-0.25, -0.2) is 0 Å². The lowest BCUT2D eigenvalue weighted by Gasteiger charge is -2.19. The average molecular weight is 441 g/mol. The maximum atomic E-state index is 13.2. The highest BCUT2D eigenvalue weighted by Gasteiger charge is 2.37. The molecule has 0 amide bonds. The fraction of sp³-hybridized carbons (Fsp3) is 0.346. The van der Waals surface area contributed by atoms with E-state index in [1.807, 2.05) is 30.3 Å². The molecular weight excluding hydrogens is 415 g/mol. The fourth-order valence-corrected chi connectivity index (χ4v) is 4.62. The van der Waals surface area contributed by atoms with Gasteiger partial charge in [0.2, 0.25) is 0 Å². The molecule has 1 aliphatic heterocycles. The number of esters is 1. The summed E-state index contributed by atoms with van der Waals surface area (Å²) in [5.74, 6) is -0.342. The molecular formula is C26H26F3NO2. The van der Waals surface area contributed by atoms with Crippen LogP contribution in [0.15, 0.2) is 54.6 Å². The molecule has 0 N–H and O–H groups in total. The summed E-state index contributed by atoms with van der Waals surface area (Å²) in [4.78, 5) is 12.5. The van der Waals surface area contributed by atoms with E-state index in [0.29, 0.717) is 5.56 Å². The zero-order valence-corrected chi connectivity index (χ0v) is 18.4. The van der Waals surface area contributed by atoms with Gasteiger partial charge in [-0.1, -0.05) is 56.3 Å². The van der Waals surface area contributed by atoms with E-state index in [2.05, 4.69) is 18.4 Å². The second-order valence-electron chi connectivity index (χ2n) is 8.99. The maximum Gasteiger partial charge on any atom is 0.416 e.